The summed E-state index contributed by atoms with van der Waals surface area (Å²) in [6, 6.07) is 5.10. The van der Waals surface area contributed by atoms with Gasteiger partial charge in [0.05, 0.1) is 17.5 Å². The third-order valence-corrected chi connectivity index (χ3v) is 3.02. The summed E-state index contributed by atoms with van der Waals surface area (Å²) in [4.78, 5) is 11.0. The number of hydrogen-bond donors (Lipinski definition) is 4. The molecule has 0 spiro atoms. The summed E-state index contributed by atoms with van der Waals surface area (Å²) in [6.45, 7) is 0. The van der Waals surface area contributed by atoms with Gasteiger partial charge in [0.25, 0.3) is 0 Å². The molecule has 1 aliphatic carbocycles. The van der Waals surface area contributed by atoms with Gasteiger partial charge in [-0.25, -0.2) is 0 Å². The summed E-state index contributed by atoms with van der Waals surface area (Å²) in [5.74, 6) is -0.492. The van der Waals surface area contributed by atoms with Crippen LogP contribution in [0.25, 0.3) is 0 Å². The normalized spacial score (nSPS) is 22.7. The number of aliphatic hydroxyl groups excluding tert-OH is 1. The zero-order chi connectivity index (χ0) is 13.1. The summed E-state index contributed by atoms with van der Waals surface area (Å²) in [5.41, 5.74) is 12.7. The Labute approximate surface area is 105 Å². The van der Waals surface area contributed by atoms with Crippen molar-refractivity contribution < 1.29 is 9.90 Å². The monoisotopic (exact) mass is 247 g/mol. The fraction of sp³-hybridized carbons (Fsp3) is 0.308. The molecule has 1 amide bonds. The lowest BCUT2D eigenvalue weighted by molar-refractivity contribution is 0.100. The molecule has 2 unspecified atom stereocenters. The van der Waals surface area contributed by atoms with Crippen LogP contribution in [0.5, 0.6) is 0 Å². The minimum atomic E-state index is -0.492. The van der Waals surface area contributed by atoms with Gasteiger partial charge in [-0.15, -0.1) is 0 Å². The largest absolute Gasteiger partial charge is 0.397 e. The van der Waals surface area contributed by atoms with Crippen molar-refractivity contribution >= 4 is 17.3 Å². The van der Waals surface area contributed by atoms with Crippen molar-refractivity contribution in [2.45, 2.75) is 25.0 Å². The van der Waals surface area contributed by atoms with Gasteiger partial charge in [-0.05, 0) is 31.0 Å². The minimum Gasteiger partial charge on any atom is -0.397 e. The Bertz CT molecular complexity index is 485. The van der Waals surface area contributed by atoms with Crippen LogP contribution in [0.1, 0.15) is 23.2 Å². The summed E-state index contributed by atoms with van der Waals surface area (Å²) >= 11 is 0. The van der Waals surface area contributed by atoms with Gasteiger partial charge in [-0.1, -0.05) is 12.2 Å². The van der Waals surface area contributed by atoms with Crippen molar-refractivity contribution in [1.82, 2.24) is 0 Å². The van der Waals surface area contributed by atoms with Gasteiger partial charge in [0.1, 0.15) is 0 Å². The van der Waals surface area contributed by atoms with E-state index in [2.05, 4.69) is 5.32 Å². The van der Waals surface area contributed by atoms with Crippen molar-refractivity contribution in [2.24, 2.45) is 5.73 Å². The fourth-order valence-electron chi connectivity index (χ4n) is 1.97. The highest BCUT2D eigenvalue weighted by Crippen LogP contribution is 2.23. The average molecular weight is 247 g/mol. The molecule has 5 nitrogen and oxygen atoms in total. The molecule has 0 aliphatic heterocycles. The molecule has 0 radical (unpaired) electrons. The van der Waals surface area contributed by atoms with Crippen LogP contribution in [-0.2, 0) is 0 Å². The topological polar surface area (TPSA) is 101 Å². The highest BCUT2D eigenvalue weighted by molar-refractivity contribution is 5.94. The molecule has 0 saturated carbocycles. The van der Waals surface area contributed by atoms with Gasteiger partial charge in [0.2, 0.25) is 5.91 Å². The maximum absolute atomic E-state index is 11.0. The molecule has 0 bridgehead atoms. The first-order chi connectivity index (χ1) is 8.56. The van der Waals surface area contributed by atoms with E-state index in [0.29, 0.717) is 11.3 Å². The van der Waals surface area contributed by atoms with Crippen molar-refractivity contribution in [3.8, 4) is 0 Å². The Kier molecular flexibility index (Phi) is 3.53. The number of aliphatic hydroxyl groups is 1. The molecule has 6 N–H and O–H groups in total. The maximum Gasteiger partial charge on any atom is 0.248 e. The van der Waals surface area contributed by atoms with Gasteiger partial charge in [0.15, 0.2) is 0 Å². The number of nitrogens with one attached hydrogen (secondary N) is 1. The summed E-state index contributed by atoms with van der Waals surface area (Å²) in [6.07, 6.45) is 4.92. The second-order valence-corrected chi connectivity index (χ2v) is 4.45. The number of nitrogen functional groups attached to an aromatic ring is 1. The molecule has 0 fully saturated rings. The van der Waals surface area contributed by atoms with E-state index in [1.165, 1.54) is 0 Å². The van der Waals surface area contributed by atoms with Gasteiger partial charge in [-0.2, -0.15) is 0 Å². The van der Waals surface area contributed by atoms with Crippen LogP contribution < -0.4 is 16.8 Å². The first-order valence-electron chi connectivity index (χ1n) is 5.88. The number of nitrogens with two attached hydrogens (primary N) is 2. The molecule has 1 aromatic rings. The first-order valence-corrected chi connectivity index (χ1v) is 5.88. The van der Waals surface area contributed by atoms with Crippen LogP contribution in [0.2, 0.25) is 0 Å². The molecule has 1 aromatic carbocycles. The van der Waals surface area contributed by atoms with Crippen LogP contribution in [0, 0.1) is 0 Å². The molecule has 1 aliphatic rings. The molecule has 96 valence electrons. The molecule has 0 aromatic heterocycles. The third kappa shape index (κ3) is 2.81. The Morgan fingerprint density at radius 1 is 1.33 bits per heavy atom. The van der Waals surface area contributed by atoms with E-state index in [-0.39, 0.29) is 12.1 Å². The van der Waals surface area contributed by atoms with Crippen LogP contribution >= 0.6 is 0 Å². The van der Waals surface area contributed by atoms with E-state index in [1.54, 1.807) is 24.3 Å². The highest BCUT2D eigenvalue weighted by Gasteiger charge is 2.14. The van der Waals surface area contributed by atoms with Crippen LogP contribution in [0.4, 0.5) is 11.4 Å². The molecular formula is C13H17N3O2. The predicted octanol–water partition coefficient (Wildman–Crippen LogP) is 0.859. The first kappa shape index (κ1) is 12.4. The van der Waals surface area contributed by atoms with E-state index >= 15 is 0 Å². The lowest BCUT2D eigenvalue weighted by Crippen LogP contribution is -2.24. The summed E-state index contributed by atoms with van der Waals surface area (Å²) in [7, 11) is 0. The highest BCUT2D eigenvalue weighted by atomic mass is 16.3. The number of carbonyl (C=O) groups is 1. The van der Waals surface area contributed by atoms with E-state index in [4.69, 9.17) is 11.5 Å². The number of rotatable bonds is 3. The number of hydrogen-bond acceptors (Lipinski definition) is 4. The van der Waals surface area contributed by atoms with Gasteiger partial charge < -0.3 is 21.9 Å². The number of amides is 1. The zero-order valence-corrected chi connectivity index (χ0v) is 9.97. The number of carbonyl (C=O) groups excluding carboxylic acids is 1. The predicted molar refractivity (Wildman–Crippen MR) is 71.2 cm³/mol. The zero-order valence-electron chi connectivity index (χ0n) is 9.97. The lowest BCUT2D eigenvalue weighted by atomic mass is 10.00. The van der Waals surface area contributed by atoms with Crippen LogP contribution in [0.15, 0.2) is 30.4 Å². The standard InChI is InChI=1S/C13H17N3O2/c14-11-7-8(13(15)18)1-6-12(11)16-9-2-4-10(17)5-3-9/h1-2,4,6-7,9-10,16-17H,3,5,14H2,(H2,15,18). The molecule has 2 atom stereocenters. The number of benzene rings is 1. The maximum atomic E-state index is 11.0. The molecule has 5 heteroatoms. The Morgan fingerprint density at radius 2 is 2.11 bits per heavy atom. The lowest BCUT2D eigenvalue weighted by Gasteiger charge is -2.22. The van der Waals surface area contributed by atoms with Crippen LogP contribution in [-0.4, -0.2) is 23.2 Å². The summed E-state index contributed by atoms with van der Waals surface area (Å²) < 4.78 is 0. The average Bonchev–Trinajstić information content (AvgIpc) is 2.34. The number of anilines is 2. The van der Waals surface area contributed by atoms with Crippen molar-refractivity contribution in [3.05, 3.63) is 35.9 Å². The second kappa shape index (κ2) is 5.10. The fourth-order valence-corrected chi connectivity index (χ4v) is 1.97. The molecular weight excluding hydrogens is 230 g/mol. The van der Waals surface area contributed by atoms with Crippen molar-refractivity contribution in [2.75, 3.05) is 11.1 Å². The second-order valence-electron chi connectivity index (χ2n) is 4.45. The van der Waals surface area contributed by atoms with Crippen molar-refractivity contribution in [3.63, 3.8) is 0 Å². The third-order valence-electron chi connectivity index (χ3n) is 3.02. The molecule has 18 heavy (non-hydrogen) atoms. The molecule has 0 saturated heterocycles. The SMILES string of the molecule is NC(=O)c1ccc(NC2C=CC(O)CC2)c(N)c1. The van der Waals surface area contributed by atoms with E-state index in [1.807, 2.05) is 6.08 Å². The Morgan fingerprint density at radius 3 is 2.67 bits per heavy atom. The smallest absolute Gasteiger partial charge is 0.248 e. The minimum absolute atomic E-state index is 0.148. The number of primary amides is 1. The quantitative estimate of drug-likeness (QED) is 0.470. The van der Waals surface area contributed by atoms with Crippen molar-refractivity contribution in [1.29, 1.82) is 0 Å². The van der Waals surface area contributed by atoms with E-state index < -0.39 is 5.91 Å². The molecule has 0 heterocycles. The van der Waals surface area contributed by atoms with Crippen LogP contribution in [0.3, 0.4) is 0 Å². The Balaban J connectivity index is 2.10. The van der Waals surface area contributed by atoms with Gasteiger partial charge >= 0.3 is 0 Å². The Hall–Kier alpha value is -2.01. The van der Waals surface area contributed by atoms with E-state index in [9.17, 15) is 9.90 Å². The van der Waals surface area contributed by atoms with Gasteiger partial charge in [-0.3, -0.25) is 4.79 Å². The van der Waals surface area contributed by atoms with E-state index in [0.717, 1.165) is 18.5 Å². The molecule has 2 rings (SSSR count). The van der Waals surface area contributed by atoms with Gasteiger partial charge in [0, 0.05) is 11.6 Å². The summed E-state index contributed by atoms with van der Waals surface area (Å²) in [5, 5.41) is 12.6.